The van der Waals surface area contributed by atoms with Gasteiger partial charge in [-0.3, -0.25) is 4.79 Å². The number of imidazole rings is 1. The van der Waals surface area contributed by atoms with Gasteiger partial charge in [-0.1, -0.05) is 41.4 Å². The number of methoxy groups -OCH3 is 2. The first-order chi connectivity index (χ1) is 19.1. The summed E-state index contributed by atoms with van der Waals surface area (Å²) in [4.78, 5) is 30.0. The molecular formula is C29H28Cl2N4O5. The summed E-state index contributed by atoms with van der Waals surface area (Å²) in [6.45, 7) is 4.60. The van der Waals surface area contributed by atoms with Gasteiger partial charge < -0.3 is 29.0 Å². The van der Waals surface area contributed by atoms with Crippen molar-refractivity contribution in [3.63, 3.8) is 0 Å². The zero-order chi connectivity index (χ0) is 28.8. The number of fused-ring (bicyclic) bond motifs is 2. The van der Waals surface area contributed by atoms with Crippen molar-refractivity contribution in [1.82, 2.24) is 14.1 Å². The quantitative estimate of drug-likeness (QED) is 0.275. The molecule has 11 heteroatoms. The number of carbonyl (C=O) groups is 1. The highest BCUT2D eigenvalue weighted by Gasteiger charge is 2.43. The van der Waals surface area contributed by atoms with Crippen molar-refractivity contribution in [2.75, 3.05) is 26.1 Å². The van der Waals surface area contributed by atoms with Crippen LogP contribution in [0.4, 0.5) is 5.69 Å². The predicted octanol–water partition coefficient (Wildman–Crippen LogP) is 5.67. The van der Waals surface area contributed by atoms with E-state index < -0.39 is 17.6 Å². The molecule has 3 heterocycles. The van der Waals surface area contributed by atoms with E-state index >= 15 is 0 Å². The minimum Gasteiger partial charge on any atom is -0.496 e. The molecule has 1 atom stereocenters. The Bertz CT molecular complexity index is 1680. The first-order valence-electron chi connectivity index (χ1n) is 12.5. The lowest BCUT2D eigenvalue weighted by molar-refractivity contribution is 0.0689. The Kier molecular flexibility index (Phi) is 7.39. The summed E-state index contributed by atoms with van der Waals surface area (Å²) in [6.07, 6.45) is 1.64. The summed E-state index contributed by atoms with van der Waals surface area (Å²) in [7, 11) is 3.11. The SMILES string of the molecule is COCCn1cc(NC2c3ccc(Cl)cc3C(C)(C)n3c(-c4ccccc4OC)nc(C(=O)O)c32)cc(Cl)c1=O. The number of aromatic carboxylic acids is 1. The van der Waals surface area contributed by atoms with Crippen molar-refractivity contribution in [2.24, 2.45) is 0 Å². The number of rotatable bonds is 8. The van der Waals surface area contributed by atoms with Crippen molar-refractivity contribution in [3.8, 4) is 17.1 Å². The van der Waals surface area contributed by atoms with E-state index in [2.05, 4.69) is 10.3 Å². The van der Waals surface area contributed by atoms with Gasteiger partial charge in [0.15, 0.2) is 5.69 Å². The number of hydrogen-bond donors (Lipinski definition) is 2. The molecule has 0 aliphatic carbocycles. The van der Waals surface area contributed by atoms with Gasteiger partial charge in [0.1, 0.15) is 16.6 Å². The third-order valence-corrected chi connectivity index (χ3v) is 7.68. The molecule has 40 heavy (non-hydrogen) atoms. The third kappa shape index (κ3) is 4.64. The van der Waals surface area contributed by atoms with Crippen LogP contribution < -0.4 is 15.6 Å². The minimum absolute atomic E-state index is 0.0234. The second kappa shape index (κ2) is 10.6. The van der Waals surface area contributed by atoms with E-state index in [0.717, 1.165) is 11.1 Å². The number of benzene rings is 2. The van der Waals surface area contributed by atoms with Crippen LogP contribution in [-0.2, 0) is 16.8 Å². The largest absolute Gasteiger partial charge is 0.496 e. The van der Waals surface area contributed by atoms with E-state index in [4.69, 9.17) is 32.7 Å². The van der Waals surface area contributed by atoms with Crippen LogP contribution in [0.5, 0.6) is 5.75 Å². The number of ether oxygens (including phenoxy) is 2. The number of anilines is 1. The third-order valence-electron chi connectivity index (χ3n) is 7.17. The van der Waals surface area contributed by atoms with Crippen LogP contribution >= 0.6 is 23.2 Å². The molecule has 2 aromatic heterocycles. The molecule has 0 radical (unpaired) electrons. The van der Waals surface area contributed by atoms with Gasteiger partial charge in [-0.2, -0.15) is 0 Å². The molecular weight excluding hydrogens is 555 g/mol. The summed E-state index contributed by atoms with van der Waals surface area (Å²) in [5.74, 6) is -0.176. The molecule has 0 saturated carbocycles. The molecule has 208 valence electrons. The Morgan fingerprint density at radius 3 is 2.60 bits per heavy atom. The number of pyridine rings is 1. The van der Waals surface area contributed by atoms with Gasteiger partial charge in [0.2, 0.25) is 0 Å². The molecule has 1 aliphatic heterocycles. The summed E-state index contributed by atoms with van der Waals surface area (Å²) >= 11 is 12.8. The highest BCUT2D eigenvalue weighted by Crippen LogP contribution is 2.48. The van der Waals surface area contributed by atoms with Crippen LogP contribution in [0.15, 0.2) is 59.5 Å². The van der Waals surface area contributed by atoms with Gasteiger partial charge in [0.05, 0.1) is 42.2 Å². The Labute approximate surface area is 240 Å². The van der Waals surface area contributed by atoms with Crippen LogP contribution in [0.3, 0.4) is 0 Å². The molecule has 9 nitrogen and oxygen atoms in total. The van der Waals surface area contributed by atoms with E-state index in [1.54, 1.807) is 32.5 Å². The van der Waals surface area contributed by atoms with E-state index in [0.29, 0.717) is 46.7 Å². The zero-order valence-electron chi connectivity index (χ0n) is 22.4. The van der Waals surface area contributed by atoms with Crippen LogP contribution in [0, 0.1) is 0 Å². The molecule has 0 amide bonds. The lowest BCUT2D eigenvalue weighted by atomic mass is 9.81. The highest BCUT2D eigenvalue weighted by molar-refractivity contribution is 6.31. The van der Waals surface area contributed by atoms with Gasteiger partial charge in [-0.15, -0.1) is 0 Å². The Hall–Kier alpha value is -3.79. The number of aromatic nitrogens is 3. The molecule has 0 bridgehead atoms. The zero-order valence-corrected chi connectivity index (χ0v) is 23.9. The fourth-order valence-corrected chi connectivity index (χ4v) is 5.76. The monoisotopic (exact) mass is 582 g/mol. The van der Waals surface area contributed by atoms with Crippen molar-refractivity contribution < 1.29 is 19.4 Å². The Morgan fingerprint density at radius 1 is 1.15 bits per heavy atom. The Balaban J connectivity index is 1.79. The lowest BCUT2D eigenvalue weighted by Crippen LogP contribution is -2.39. The van der Waals surface area contributed by atoms with Crippen LogP contribution in [0.1, 0.15) is 47.2 Å². The number of para-hydroxylation sites is 1. The number of nitrogens with one attached hydrogen (secondary N) is 1. The number of halogens is 2. The molecule has 2 aromatic carbocycles. The molecule has 1 aliphatic rings. The highest BCUT2D eigenvalue weighted by atomic mass is 35.5. The van der Waals surface area contributed by atoms with Crippen molar-refractivity contribution >= 4 is 34.9 Å². The maximum Gasteiger partial charge on any atom is 0.356 e. The van der Waals surface area contributed by atoms with E-state index in [-0.39, 0.29) is 16.3 Å². The first kappa shape index (κ1) is 27.8. The van der Waals surface area contributed by atoms with Gasteiger partial charge in [0.25, 0.3) is 5.56 Å². The average molecular weight is 583 g/mol. The fraction of sp³-hybridized carbons (Fsp3) is 0.276. The molecule has 0 fully saturated rings. The van der Waals surface area contributed by atoms with Gasteiger partial charge in [-0.05, 0) is 55.3 Å². The van der Waals surface area contributed by atoms with Crippen molar-refractivity contribution in [3.05, 3.63) is 97.6 Å². The average Bonchev–Trinajstić information content (AvgIpc) is 3.34. The maximum absolute atomic E-state index is 12.7. The van der Waals surface area contributed by atoms with Crippen LogP contribution in [0.25, 0.3) is 11.4 Å². The smallest absolute Gasteiger partial charge is 0.356 e. The van der Waals surface area contributed by atoms with Crippen molar-refractivity contribution in [1.29, 1.82) is 0 Å². The molecule has 0 spiro atoms. The Morgan fingerprint density at radius 2 is 1.90 bits per heavy atom. The molecule has 2 N–H and O–H groups in total. The lowest BCUT2D eigenvalue weighted by Gasteiger charge is -2.41. The van der Waals surface area contributed by atoms with E-state index in [9.17, 15) is 14.7 Å². The number of nitrogens with zero attached hydrogens (tertiary/aromatic N) is 3. The number of carboxylic acid groups (broad SMARTS) is 1. The summed E-state index contributed by atoms with van der Waals surface area (Å²) in [5.41, 5.74) is 2.11. The topological polar surface area (TPSA) is 108 Å². The standard InChI is InChI=1S/C29H28Cl2N4O5/c1-29(2)20-13-16(30)9-10-18(20)23(32-17-14-21(31)27(36)34(15-17)11-12-39-3)25-24(28(37)38)33-26(35(25)29)19-7-5-6-8-22(19)40-4/h5-10,13-15,23,32H,11-12H2,1-4H3,(H,37,38). The summed E-state index contributed by atoms with van der Waals surface area (Å²) in [5, 5.41) is 14.4. The fourth-order valence-electron chi connectivity index (χ4n) is 5.36. The maximum atomic E-state index is 12.7. The summed E-state index contributed by atoms with van der Waals surface area (Å²) < 4.78 is 14.1. The first-order valence-corrected chi connectivity index (χ1v) is 13.3. The summed E-state index contributed by atoms with van der Waals surface area (Å²) in [6, 6.07) is 13.7. The van der Waals surface area contributed by atoms with Crippen LogP contribution in [-0.4, -0.2) is 46.0 Å². The number of carboxylic acids is 1. The van der Waals surface area contributed by atoms with Gasteiger partial charge in [0, 0.05) is 24.9 Å². The van der Waals surface area contributed by atoms with Crippen LogP contribution in [0.2, 0.25) is 10.0 Å². The van der Waals surface area contributed by atoms with Gasteiger partial charge in [-0.25, -0.2) is 9.78 Å². The predicted molar refractivity (Wildman–Crippen MR) is 154 cm³/mol. The normalized spacial score (nSPS) is 15.3. The molecule has 4 aromatic rings. The number of hydrogen-bond acceptors (Lipinski definition) is 6. The molecule has 1 unspecified atom stereocenters. The van der Waals surface area contributed by atoms with E-state index in [1.165, 1.54) is 10.6 Å². The second-order valence-electron chi connectivity index (χ2n) is 9.95. The van der Waals surface area contributed by atoms with E-state index in [1.807, 2.05) is 48.7 Å². The second-order valence-corrected chi connectivity index (χ2v) is 10.8. The molecule has 0 saturated heterocycles. The minimum atomic E-state index is -1.17. The molecule has 5 rings (SSSR count). The van der Waals surface area contributed by atoms with Crippen molar-refractivity contribution in [2.45, 2.75) is 32.0 Å². The van der Waals surface area contributed by atoms with Gasteiger partial charge >= 0.3 is 5.97 Å².